The first-order valence-electron chi connectivity index (χ1n) is 8.76. The highest BCUT2D eigenvalue weighted by Crippen LogP contribution is 2.22. The molecule has 0 aliphatic carbocycles. The number of carbonyl (C=O) groups excluding carboxylic acids is 1. The van der Waals surface area contributed by atoms with Crippen LogP contribution in [0.15, 0.2) is 27.4 Å². The number of nitrogens with zero attached hydrogens (tertiary/aromatic N) is 2. The molecule has 2 N–H and O–H groups in total. The molecule has 2 aromatic rings. The number of halogens is 1. The van der Waals surface area contributed by atoms with Crippen molar-refractivity contribution in [1.29, 1.82) is 0 Å². The second-order valence-corrected chi connectivity index (χ2v) is 7.07. The number of hydrogen-bond acceptors (Lipinski definition) is 5. The highest BCUT2D eigenvalue weighted by Gasteiger charge is 2.24. The number of oxazole rings is 1. The molecular formula is C18H27ClN4O3. The molecule has 2 heterocycles. The topological polar surface area (TPSA) is 79.5 Å². The fraction of sp³-hybridized carbons (Fsp3) is 0.556. The fourth-order valence-electron chi connectivity index (χ4n) is 3.27. The maximum atomic E-state index is 12.5. The van der Waals surface area contributed by atoms with Crippen molar-refractivity contribution in [2.24, 2.45) is 5.92 Å². The number of carbonyl (C=O) groups is 1. The third-order valence-corrected chi connectivity index (χ3v) is 4.70. The van der Waals surface area contributed by atoms with Crippen molar-refractivity contribution < 1.29 is 9.21 Å². The maximum absolute atomic E-state index is 12.5. The molecule has 2 atom stereocenters. The number of piperidine rings is 1. The van der Waals surface area contributed by atoms with E-state index in [0.29, 0.717) is 29.4 Å². The number of hydrogen-bond donors (Lipinski definition) is 2. The van der Waals surface area contributed by atoms with Gasteiger partial charge in [0.05, 0.1) is 5.52 Å². The summed E-state index contributed by atoms with van der Waals surface area (Å²) in [4.78, 5) is 26.6. The Morgan fingerprint density at radius 3 is 2.88 bits per heavy atom. The predicted molar refractivity (Wildman–Crippen MR) is 105 cm³/mol. The quantitative estimate of drug-likeness (QED) is 0.825. The Morgan fingerprint density at radius 1 is 1.42 bits per heavy atom. The molecule has 3 rings (SSSR count). The van der Waals surface area contributed by atoms with Gasteiger partial charge in [-0.15, -0.1) is 12.4 Å². The van der Waals surface area contributed by atoms with Crippen molar-refractivity contribution in [2.75, 3.05) is 32.5 Å². The first-order chi connectivity index (χ1) is 11.9. The Kier molecular flexibility index (Phi) is 6.86. The molecule has 0 unspecified atom stereocenters. The van der Waals surface area contributed by atoms with E-state index in [9.17, 15) is 9.59 Å². The average Bonchev–Trinajstić information content (AvgIpc) is 2.87. The van der Waals surface area contributed by atoms with Crippen molar-refractivity contribution in [3.63, 3.8) is 0 Å². The number of nitrogens with one attached hydrogen (secondary N) is 2. The van der Waals surface area contributed by atoms with Crippen molar-refractivity contribution in [2.45, 2.75) is 32.4 Å². The third-order valence-electron chi connectivity index (χ3n) is 4.70. The van der Waals surface area contributed by atoms with Gasteiger partial charge in [0, 0.05) is 30.7 Å². The van der Waals surface area contributed by atoms with E-state index in [0.717, 1.165) is 25.9 Å². The summed E-state index contributed by atoms with van der Waals surface area (Å²) in [6, 6.07) is 5.70. The van der Waals surface area contributed by atoms with Crippen LogP contribution in [-0.4, -0.2) is 48.6 Å². The number of likely N-dealkylation sites (N-methyl/N-ethyl adjacent to an activating group) is 1. The molecule has 26 heavy (non-hydrogen) atoms. The van der Waals surface area contributed by atoms with Gasteiger partial charge in [-0.1, -0.05) is 0 Å². The molecule has 1 aromatic heterocycles. The average molecular weight is 383 g/mol. The molecule has 144 valence electrons. The van der Waals surface area contributed by atoms with Gasteiger partial charge in [-0.3, -0.25) is 9.36 Å². The molecule has 1 aromatic carbocycles. The van der Waals surface area contributed by atoms with E-state index < -0.39 is 0 Å². The van der Waals surface area contributed by atoms with Gasteiger partial charge in [0.15, 0.2) is 5.58 Å². The highest BCUT2D eigenvalue weighted by atomic mass is 35.5. The van der Waals surface area contributed by atoms with E-state index in [1.165, 1.54) is 0 Å². The first-order valence-corrected chi connectivity index (χ1v) is 8.76. The first kappa shape index (κ1) is 20.5. The molecule has 1 aliphatic heterocycles. The highest BCUT2D eigenvalue weighted by molar-refractivity contribution is 5.94. The summed E-state index contributed by atoms with van der Waals surface area (Å²) in [5, 5.41) is 6.35. The van der Waals surface area contributed by atoms with Crippen LogP contribution >= 0.6 is 12.4 Å². The summed E-state index contributed by atoms with van der Waals surface area (Å²) in [5.41, 5.74) is 1.95. The minimum Gasteiger partial charge on any atom is -0.408 e. The Hall–Kier alpha value is -1.83. The van der Waals surface area contributed by atoms with E-state index >= 15 is 0 Å². The smallest absolute Gasteiger partial charge is 0.408 e. The van der Waals surface area contributed by atoms with Crippen molar-refractivity contribution in [3.8, 4) is 0 Å². The van der Waals surface area contributed by atoms with Gasteiger partial charge in [-0.05, 0) is 58.6 Å². The van der Waals surface area contributed by atoms with Gasteiger partial charge < -0.3 is 20.0 Å². The molecule has 1 saturated heterocycles. The Labute approximate surface area is 159 Å². The summed E-state index contributed by atoms with van der Waals surface area (Å²) in [6.45, 7) is 4.24. The Morgan fingerprint density at radius 2 is 2.19 bits per heavy atom. The lowest BCUT2D eigenvalue weighted by molar-refractivity contribution is -0.120. The molecule has 1 aliphatic rings. The maximum Gasteiger partial charge on any atom is 0.419 e. The monoisotopic (exact) mass is 382 g/mol. The third kappa shape index (κ3) is 4.66. The standard InChI is InChI=1S/C18H26N4O3.ClH/c1-12-10-13(6-7-19-12)17(23)20-14-4-5-16-15(11-14)22(18(24)25-16)9-8-21(2)3;/h4-5,11-13,19H,6-10H2,1-3H3,(H,20,23);1H/t12-,13-;/m0./s1. The summed E-state index contributed by atoms with van der Waals surface area (Å²) in [7, 11) is 3.91. The van der Waals surface area contributed by atoms with Crippen molar-refractivity contribution in [1.82, 2.24) is 14.8 Å². The number of benzene rings is 1. The molecule has 0 radical (unpaired) electrons. The fourth-order valence-corrected chi connectivity index (χ4v) is 3.27. The molecule has 0 bridgehead atoms. The van der Waals surface area contributed by atoms with E-state index in [2.05, 4.69) is 17.6 Å². The number of rotatable bonds is 5. The lowest BCUT2D eigenvalue weighted by Crippen LogP contribution is -2.40. The predicted octanol–water partition coefficient (Wildman–Crippen LogP) is 1.90. The SMILES string of the molecule is C[C@H]1C[C@@H](C(=O)Nc2ccc3oc(=O)n(CCN(C)C)c3c2)CCN1.Cl. The normalized spacial score (nSPS) is 20.2. The Balaban J connectivity index is 0.00000243. The van der Waals surface area contributed by atoms with E-state index in [1.807, 2.05) is 25.1 Å². The molecule has 8 heteroatoms. The van der Waals surface area contributed by atoms with Crippen LogP contribution in [0.3, 0.4) is 0 Å². The molecule has 1 amide bonds. The largest absolute Gasteiger partial charge is 0.419 e. The van der Waals surface area contributed by atoms with Gasteiger partial charge in [0.25, 0.3) is 0 Å². The molecular weight excluding hydrogens is 356 g/mol. The van der Waals surface area contributed by atoms with E-state index in [4.69, 9.17) is 4.42 Å². The van der Waals surface area contributed by atoms with Crippen LogP contribution < -0.4 is 16.4 Å². The summed E-state index contributed by atoms with van der Waals surface area (Å²) in [6.07, 6.45) is 1.69. The van der Waals surface area contributed by atoms with Crippen LogP contribution in [-0.2, 0) is 11.3 Å². The lowest BCUT2D eigenvalue weighted by atomic mass is 9.92. The van der Waals surface area contributed by atoms with Gasteiger partial charge in [-0.25, -0.2) is 4.79 Å². The zero-order valence-electron chi connectivity index (χ0n) is 15.4. The van der Waals surface area contributed by atoms with Gasteiger partial charge >= 0.3 is 5.76 Å². The van der Waals surface area contributed by atoms with E-state index in [-0.39, 0.29) is 30.0 Å². The minimum atomic E-state index is -0.368. The van der Waals surface area contributed by atoms with Crippen LogP contribution in [0.5, 0.6) is 0 Å². The number of aromatic nitrogens is 1. The second kappa shape index (κ2) is 8.70. The molecule has 0 saturated carbocycles. The van der Waals surface area contributed by atoms with Gasteiger partial charge in [0.2, 0.25) is 5.91 Å². The molecule has 0 spiro atoms. The lowest BCUT2D eigenvalue weighted by Gasteiger charge is -2.27. The van der Waals surface area contributed by atoms with Crippen molar-refractivity contribution in [3.05, 3.63) is 28.7 Å². The van der Waals surface area contributed by atoms with Crippen LogP contribution in [0, 0.1) is 5.92 Å². The second-order valence-electron chi connectivity index (χ2n) is 7.07. The minimum absolute atomic E-state index is 0. The molecule has 7 nitrogen and oxygen atoms in total. The number of fused-ring (bicyclic) bond motifs is 1. The van der Waals surface area contributed by atoms with Crippen LogP contribution in [0.4, 0.5) is 5.69 Å². The number of amides is 1. The zero-order valence-corrected chi connectivity index (χ0v) is 16.3. The van der Waals surface area contributed by atoms with Gasteiger partial charge in [-0.2, -0.15) is 0 Å². The van der Waals surface area contributed by atoms with Crippen LogP contribution in [0.2, 0.25) is 0 Å². The van der Waals surface area contributed by atoms with Crippen molar-refractivity contribution >= 4 is 35.1 Å². The summed E-state index contributed by atoms with van der Waals surface area (Å²) in [5.74, 6) is -0.307. The van der Waals surface area contributed by atoms with E-state index in [1.54, 1.807) is 16.7 Å². The van der Waals surface area contributed by atoms with Crippen LogP contribution in [0.25, 0.3) is 11.1 Å². The summed E-state index contributed by atoms with van der Waals surface area (Å²) < 4.78 is 6.90. The Bertz CT molecular complexity index is 814. The molecule has 1 fully saturated rings. The zero-order chi connectivity index (χ0) is 18.0. The number of anilines is 1. The van der Waals surface area contributed by atoms with Gasteiger partial charge in [0.1, 0.15) is 0 Å². The van der Waals surface area contributed by atoms with Crippen LogP contribution in [0.1, 0.15) is 19.8 Å². The summed E-state index contributed by atoms with van der Waals surface area (Å²) >= 11 is 0.